The number of allylic oxidation sites excluding steroid dienone is 2. The first-order valence-corrected chi connectivity index (χ1v) is 3.84. The molecule has 0 bridgehead atoms. The predicted molar refractivity (Wildman–Crippen MR) is 51.4 cm³/mol. The Morgan fingerprint density at radius 1 is 1.50 bits per heavy atom. The third-order valence-corrected chi connectivity index (χ3v) is 1.50. The number of hydrogen-bond donors (Lipinski definition) is 1. The summed E-state index contributed by atoms with van der Waals surface area (Å²) in [6.07, 6.45) is 9.13. The van der Waals surface area contributed by atoms with E-state index < -0.39 is 0 Å². The van der Waals surface area contributed by atoms with E-state index in [0.29, 0.717) is 0 Å². The molecule has 1 heterocycles. The van der Waals surface area contributed by atoms with Gasteiger partial charge in [-0.3, -0.25) is 4.98 Å². The average Bonchev–Trinajstić information content (AvgIpc) is 2.15. The Morgan fingerprint density at radius 2 is 2.33 bits per heavy atom. The second-order valence-corrected chi connectivity index (χ2v) is 2.34. The maximum absolute atomic E-state index is 5.41. The maximum atomic E-state index is 5.41. The first-order chi connectivity index (χ1) is 5.88. The normalized spacial score (nSPS) is 14.4. The van der Waals surface area contributed by atoms with Crippen molar-refractivity contribution in [2.45, 2.75) is 6.92 Å². The summed E-state index contributed by atoms with van der Waals surface area (Å²) in [6, 6.07) is 3.80. The molecular weight excluding hydrogens is 148 g/mol. The third-order valence-electron chi connectivity index (χ3n) is 1.50. The molecule has 0 aromatic carbocycles. The summed E-state index contributed by atoms with van der Waals surface area (Å²) in [7, 11) is 0. The lowest BCUT2D eigenvalue weighted by Crippen LogP contribution is -2.28. The molecule has 0 spiro atoms. The molecule has 0 atom stereocenters. The van der Waals surface area contributed by atoms with Crippen LogP contribution in [0.5, 0.6) is 0 Å². The van der Waals surface area contributed by atoms with Gasteiger partial charge in [-0.05, 0) is 25.1 Å². The molecule has 1 aromatic rings. The van der Waals surface area contributed by atoms with Gasteiger partial charge in [-0.15, -0.1) is 0 Å². The SMILES string of the molecule is C/C=C/C=c1/nccc/c1=C/N. The minimum absolute atomic E-state index is 0.901. The van der Waals surface area contributed by atoms with Crippen LogP contribution in [0.4, 0.5) is 0 Å². The van der Waals surface area contributed by atoms with Crippen LogP contribution in [-0.4, -0.2) is 4.98 Å². The van der Waals surface area contributed by atoms with E-state index in [1.54, 1.807) is 12.4 Å². The monoisotopic (exact) mass is 160 g/mol. The number of nitrogens with zero attached hydrogens (tertiary/aromatic N) is 1. The van der Waals surface area contributed by atoms with Crippen molar-refractivity contribution in [3.8, 4) is 0 Å². The minimum Gasteiger partial charge on any atom is -0.404 e. The van der Waals surface area contributed by atoms with Crippen LogP contribution in [-0.2, 0) is 0 Å². The van der Waals surface area contributed by atoms with E-state index in [0.717, 1.165) is 10.6 Å². The summed E-state index contributed by atoms with van der Waals surface area (Å²) in [5.74, 6) is 0. The molecule has 1 aromatic heterocycles. The molecule has 0 saturated carbocycles. The quantitative estimate of drug-likeness (QED) is 0.634. The fourth-order valence-electron chi connectivity index (χ4n) is 0.898. The van der Waals surface area contributed by atoms with Crippen molar-refractivity contribution < 1.29 is 0 Å². The lowest BCUT2D eigenvalue weighted by atomic mass is 10.3. The summed E-state index contributed by atoms with van der Waals surface area (Å²) in [6.45, 7) is 1.96. The fraction of sp³-hybridized carbons (Fsp3) is 0.100. The van der Waals surface area contributed by atoms with Gasteiger partial charge in [0.15, 0.2) is 0 Å². The van der Waals surface area contributed by atoms with Crippen LogP contribution in [0.3, 0.4) is 0 Å². The van der Waals surface area contributed by atoms with Gasteiger partial charge in [0.1, 0.15) is 0 Å². The summed E-state index contributed by atoms with van der Waals surface area (Å²) in [5, 5.41) is 1.86. The van der Waals surface area contributed by atoms with Crippen molar-refractivity contribution in [2.24, 2.45) is 5.73 Å². The molecule has 2 heteroatoms. The van der Waals surface area contributed by atoms with Gasteiger partial charge in [-0.2, -0.15) is 0 Å². The van der Waals surface area contributed by atoms with E-state index in [4.69, 9.17) is 5.73 Å². The van der Waals surface area contributed by atoms with Crippen molar-refractivity contribution in [3.63, 3.8) is 0 Å². The van der Waals surface area contributed by atoms with Crippen molar-refractivity contribution in [3.05, 3.63) is 41.0 Å². The molecule has 0 unspecified atom stereocenters. The Hall–Kier alpha value is -1.57. The summed E-state index contributed by atoms with van der Waals surface area (Å²) in [4.78, 5) is 4.17. The van der Waals surface area contributed by atoms with Crippen molar-refractivity contribution in [1.29, 1.82) is 0 Å². The Balaban J connectivity index is 3.33. The topological polar surface area (TPSA) is 38.9 Å². The van der Waals surface area contributed by atoms with E-state index in [1.807, 2.05) is 37.3 Å². The molecule has 0 fully saturated rings. The van der Waals surface area contributed by atoms with Crippen molar-refractivity contribution in [2.75, 3.05) is 0 Å². The van der Waals surface area contributed by atoms with Gasteiger partial charge in [0.2, 0.25) is 0 Å². The molecule has 0 amide bonds. The largest absolute Gasteiger partial charge is 0.404 e. The van der Waals surface area contributed by atoms with Gasteiger partial charge in [-0.1, -0.05) is 12.2 Å². The molecule has 0 aliphatic heterocycles. The molecule has 1 rings (SSSR count). The molecule has 12 heavy (non-hydrogen) atoms. The Morgan fingerprint density at radius 3 is 3.00 bits per heavy atom. The van der Waals surface area contributed by atoms with E-state index in [-0.39, 0.29) is 0 Å². The molecule has 0 saturated heterocycles. The van der Waals surface area contributed by atoms with E-state index in [2.05, 4.69) is 4.98 Å². The van der Waals surface area contributed by atoms with Gasteiger partial charge >= 0.3 is 0 Å². The van der Waals surface area contributed by atoms with Crippen LogP contribution in [0.1, 0.15) is 6.92 Å². The second-order valence-electron chi connectivity index (χ2n) is 2.34. The van der Waals surface area contributed by atoms with Crippen LogP contribution in [0.2, 0.25) is 0 Å². The standard InChI is InChI=1S/C10H12N2/c1-2-3-6-10-9(8-11)5-4-7-12-10/h2-8H,11H2,1H3/b3-2+,9-8-,10-6+. The van der Waals surface area contributed by atoms with Gasteiger partial charge in [-0.25, -0.2) is 0 Å². The second kappa shape index (κ2) is 4.34. The molecule has 2 nitrogen and oxygen atoms in total. The van der Waals surface area contributed by atoms with Gasteiger partial charge in [0.05, 0.1) is 5.35 Å². The minimum atomic E-state index is 0.901. The lowest BCUT2D eigenvalue weighted by Gasteiger charge is -1.85. The van der Waals surface area contributed by atoms with Crippen LogP contribution in [0.25, 0.3) is 12.3 Å². The van der Waals surface area contributed by atoms with E-state index in [9.17, 15) is 0 Å². The zero-order valence-electron chi connectivity index (χ0n) is 7.07. The third kappa shape index (κ3) is 1.95. The van der Waals surface area contributed by atoms with E-state index >= 15 is 0 Å². The zero-order valence-corrected chi connectivity index (χ0v) is 7.07. The lowest BCUT2D eigenvalue weighted by molar-refractivity contribution is 1.22. The molecule has 2 N–H and O–H groups in total. The first kappa shape index (κ1) is 8.53. The molecule has 62 valence electrons. The Kier molecular flexibility index (Phi) is 3.08. The van der Waals surface area contributed by atoms with Crippen molar-refractivity contribution >= 4 is 12.3 Å². The summed E-state index contributed by atoms with van der Waals surface area (Å²) < 4.78 is 0. The van der Waals surface area contributed by atoms with Crippen LogP contribution in [0.15, 0.2) is 30.5 Å². The molecule has 0 aliphatic rings. The maximum Gasteiger partial charge on any atom is 0.0716 e. The van der Waals surface area contributed by atoms with E-state index in [1.165, 1.54) is 0 Å². The van der Waals surface area contributed by atoms with Gasteiger partial charge in [0, 0.05) is 17.6 Å². The average molecular weight is 160 g/mol. The van der Waals surface area contributed by atoms with Crippen LogP contribution in [0, 0.1) is 0 Å². The molecule has 0 aliphatic carbocycles. The number of rotatable bonds is 1. The number of nitrogens with two attached hydrogens (primary N) is 1. The zero-order chi connectivity index (χ0) is 8.81. The molecule has 0 radical (unpaired) electrons. The number of hydrogen-bond acceptors (Lipinski definition) is 2. The molecular formula is C10H12N2. The van der Waals surface area contributed by atoms with Crippen molar-refractivity contribution in [1.82, 2.24) is 4.98 Å². The first-order valence-electron chi connectivity index (χ1n) is 3.84. The summed E-state index contributed by atoms with van der Waals surface area (Å²) >= 11 is 0. The van der Waals surface area contributed by atoms with Gasteiger partial charge in [0.25, 0.3) is 0 Å². The summed E-state index contributed by atoms with van der Waals surface area (Å²) in [5.41, 5.74) is 5.41. The number of aromatic nitrogens is 1. The Labute approximate surface area is 71.7 Å². The smallest absolute Gasteiger partial charge is 0.0716 e. The van der Waals surface area contributed by atoms with Crippen LogP contribution >= 0.6 is 0 Å². The highest BCUT2D eigenvalue weighted by Crippen LogP contribution is 1.70. The van der Waals surface area contributed by atoms with Crippen LogP contribution < -0.4 is 16.3 Å². The Bertz CT molecular complexity index is 377. The highest BCUT2D eigenvalue weighted by Gasteiger charge is 1.80. The highest BCUT2D eigenvalue weighted by atomic mass is 14.6. The fourth-order valence-corrected chi connectivity index (χ4v) is 0.898. The van der Waals surface area contributed by atoms with Gasteiger partial charge < -0.3 is 5.73 Å². The highest BCUT2D eigenvalue weighted by molar-refractivity contribution is 5.35. The predicted octanol–water partition coefficient (Wildman–Crippen LogP) is 0.135. The number of pyridine rings is 1.